The molecule has 0 radical (unpaired) electrons. The van der Waals surface area contributed by atoms with Crippen LogP contribution >= 0.6 is 0 Å². The van der Waals surface area contributed by atoms with Gasteiger partial charge in [0.2, 0.25) is 0 Å². The van der Waals surface area contributed by atoms with Gasteiger partial charge in [0.15, 0.2) is 0 Å². The summed E-state index contributed by atoms with van der Waals surface area (Å²) < 4.78 is 25.7. The van der Waals surface area contributed by atoms with Crippen LogP contribution in [0.2, 0.25) is 0 Å². The minimum atomic E-state index is -0.153. The topological polar surface area (TPSA) is 63.2 Å². The van der Waals surface area contributed by atoms with Crippen molar-refractivity contribution < 1.29 is 28.5 Å². The van der Waals surface area contributed by atoms with E-state index in [0.717, 1.165) is 6.42 Å². The summed E-state index contributed by atoms with van der Waals surface area (Å²) in [5.41, 5.74) is 0. The van der Waals surface area contributed by atoms with Crippen molar-refractivity contribution in [1.29, 1.82) is 0 Å². The molecule has 0 aliphatic rings. The smallest absolute Gasteiger partial charge is 0.305 e. The zero-order valence-corrected chi connectivity index (χ0v) is 12.7. The SMILES string of the molecule is CCCOC(=O)CCCOCCOCCOCCOC. The van der Waals surface area contributed by atoms with Crippen molar-refractivity contribution in [2.24, 2.45) is 0 Å². The molecule has 20 heavy (non-hydrogen) atoms. The van der Waals surface area contributed by atoms with E-state index >= 15 is 0 Å². The lowest BCUT2D eigenvalue weighted by atomic mass is 10.3. The van der Waals surface area contributed by atoms with Crippen molar-refractivity contribution in [2.45, 2.75) is 26.2 Å². The van der Waals surface area contributed by atoms with E-state index in [1.807, 2.05) is 6.92 Å². The molecule has 0 saturated carbocycles. The summed E-state index contributed by atoms with van der Waals surface area (Å²) >= 11 is 0. The predicted octanol–water partition coefficient (Wildman–Crippen LogP) is 1.42. The van der Waals surface area contributed by atoms with Gasteiger partial charge in [-0.2, -0.15) is 0 Å². The normalized spacial score (nSPS) is 10.7. The van der Waals surface area contributed by atoms with E-state index in [1.165, 1.54) is 0 Å². The molecule has 0 aromatic rings. The van der Waals surface area contributed by atoms with Gasteiger partial charge in [0, 0.05) is 20.1 Å². The highest BCUT2D eigenvalue weighted by atomic mass is 16.6. The van der Waals surface area contributed by atoms with E-state index < -0.39 is 0 Å². The predicted molar refractivity (Wildman–Crippen MR) is 74.8 cm³/mol. The van der Waals surface area contributed by atoms with Crippen LogP contribution in [-0.4, -0.2) is 65.9 Å². The highest BCUT2D eigenvalue weighted by Crippen LogP contribution is 1.95. The Morgan fingerprint density at radius 3 is 1.90 bits per heavy atom. The summed E-state index contributed by atoms with van der Waals surface area (Å²) in [6.45, 7) is 6.39. The summed E-state index contributed by atoms with van der Waals surface area (Å²) in [6, 6.07) is 0. The summed E-state index contributed by atoms with van der Waals surface area (Å²) in [5, 5.41) is 0. The van der Waals surface area contributed by atoms with Gasteiger partial charge in [0.05, 0.1) is 46.2 Å². The summed E-state index contributed by atoms with van der Waals surface area (Å²) in [7, 11) is 1.64. The molecule has 0 fully saturated rings. The maximum atomic E-state index is 11.2. The van der Waals surface area contributed by atoms with Crippen LogP contribution in [0.25, 0.3) is 0 Å². The highest BCUT2D eigenvalue weighted by Gasteiger charge is 2.01. The lowest BCUT2D eigenvalue weighted by Crippen LogP contribution is -2.12. The molecule has 0 heterocycles. The molecular formula is C14H28O6. The molecule has 0 saturated heterocycles. The second kappa shape index (κ2) is 16.4. The number of hydrogen-bond acceptors (Lipinski definition) is 6. The fraction of sp³-hybridized carbons (Fsp3) is 0.929. The van der Waals surface area contributed by atoms with Crippen LogP contribution in [0.4, 0.5) is 0 Å². The van der Waals surface area contributed by atoms with Gasteiger partial charge < -0.3 is 23.7 Å². The molecular weight excluding hydrogens is 264 g/mol. The summed E-state index contributed by atoms with van der Waals surface area (Å²) in [4.78, 5) is 11.2. The average Bonchev–Trinajstić information content (AvgIpc) is 2.46. The first-order valence-corrected chi connectivity index (χ1v) is 7.19. The Labute approximate surface area is 121 Å². The fourth-order valence-electron chi connectivity index (χ4n) is 1.29. The van der Waals surface area contributed by atoms with Crippen molar-refractivity contribution in [3.63, 3.8) is 0 Å². The third-order valence-electron chi connectivity index (χ3n) is 2.31. The van der Waals surface area contributed by atoms with Crippen molar-refractivity contribution in [3.05, 3.63) is 0 Å². The van der Waals surface area contributed by atoms with E-state index in [1.54, 1.807) is 7.11 Å². The molecule has 0 spiro atoms. The van der Waals surface area contributed by atoms with Crippen LogP contribution in [0.1, 0.15) is 26.2 Å². The number of carbonyl (C=O) groups excluding carboxylic acids is 1. The van der Waals surface area contributed by atoms with Crippen molar-refractivity contribution in [1.82, 2.24) is 0 Å². The number of rotatable bonds is 15. The zero-order valence-electron chi connectivity index (χ0n) is 12.7. The largest absolute Gasteiger partial charge is 0.466 e. The van der Waals surface area contributed by atoms with Crippen molar-refractivity contribution in [3.8, 4) is 0 Å². The van der Waals surface area contributed by atoms with Crippen LogP contribution in [0.5, 0.6) is 0 Å². The quantitative estimate of drug-likeness (QED) is 0.336. The monoisotopic (exact) mass is 292 g/mol. The maximum Gasteiger partial charge on any atom is 0.305 e. The second-order valence-electron chi connectivity index (χ2n) is 4.15. The zero-order chi connectivity index (χ0) is 14.9. The third kappa shape index (κ3) is 15.4. The fourth-order valence-corrected chi connectivity index (χ4v) is 1.29. The Morgan fingerprint density at radius 1 is 0.800 bits per heavy atom. The molecule has 0 aromatic carbocycles. The van der Waals surface area contributed by atoms with Crippen LogP contribution < -0.4 is 0 Å². The van der Waals surface area contributed by atoms with Crippen LogP contribution in [0.15, 0.2) is 0 Å². The standard InChI is InChI=1S/C14H28O6/c1-3-6-20-14(15)5-4-7-17-10-11-19-13-12-18-9-8-16-2/h3-13H2,1-2H3. The molecule has 0 unspecified atom stereocenters. The van der Waals surface area contributed by atoms with Crippen LogP contribution in [-0.2, 0) is 28.5 Å². The van der Waals surface area contributed by atoms with Gasteiger partial charge in [-0.3, -0.25) is 4.79 Å². The molecule has 0 aromatic heterocycles. The molecule has 6 heteroatoms. The Hall–Kier alpha value is -0.690. The minimum Gasteiger partial charge on any atom is -0.466 e. The van der Waals surface area contributed by atoms with E-state index in [4.69, 9.17) is 23.7 Å². The van der Waals surface area contributed by atoms with Gasteiger partial charge in [-0.05, 0) is 12.8 Å². The molecule has 0 amide bonds. The number of ether oxygens (including phenoxy) is 5. The van der Waals surface area contributed by atoms with E-state index in [-0.39, 0.29) is 5.97 Å². The first kappa shape index (κ1) is 19.3. The van der Waals surface area contributed by atoms with E-state index in [0.29, 0.717) is 65.7 Å². The van der Waals surface area contributed by atoms with E-state index in [9.17, 15) is 4.79 Å². The average molecular weight is 292 g/mol. The number of hydrogen-bond donors (Lipinski definition) is 0. The first-order chi connectivity index (χ1) is 9.81. The number of methoxy groups -OCH3 is 1. The Kier molecular flexibility index (Phi) is 15.8. The molecule has 0 aliphatic heterocycles. The minimum absolute atomic E-state index is 0.153. The number of carbonyl (C=O) groups is 1. The van der Waals surface area contributed by atoms with Gasteiger partial charge in [0.25, 0.3) is 0 Å². The number of esters is 1. The van der Waals surface area contributed by atoms with E-state index in [2.05, 4.69) is 0 Å². The van der Waals surface area contributed by atoms with Crippen molar-refractivity contribution in [2.75, 3.05) is 60.0 Å². The summed E-state index contributed by atoms with van der Waals surface area (Å²) in [5.74, 6) is -0.153. The second-order valence-corrected chi connectivity index (χ2v) is 4.15. The maximum absolute atomic E-state index is 11.2. The molecule has 0 bridgehead atoms. The highest BCUT2D eigenvalue weighted by molar-refractivity contribution is 5.69. The van der Waals surface area contributed by atoms with Crippen LogP contribution in [0.3, 0.4) is 0 Å². The Morgan fingerprint density at radius 2 is 1.35 bits per heavy atom. The van der Waals surface area contributed by atoms with Gasteiger partial charge in [-0.15, -0.1) is 0 Å². The molecule has 0 aliphatic carbocycles. The third-order valence-corrected chi connectivity index (χ3v) is 2.31. The Bertz CT molecular complexity index is 210. The summed E-state index contributed by atoms with van der Waals surface area (Å²) in [6.07, 6.45) is 1.95. The lowest BCUT2D eigenvalue weighted by Gasteiger charge is -2.06. The van der Waals surface area contributed by atoms with Gasteiger partial charge in [0.1, 0.15) is 0 Å². The molecule has 120 valence electrons. The van der Waals surface area contributed by atoms with Gasteiger partial charge in [-0.25, -0.2) is 0 Å². The first-order valence-electron chi connectivity index (χ1n) is 7.19. The molecule has 6 nitrogen and oxygen atoms in total. The molecule has 0 rings (SSSR count). The Balaban J connectivity index is 3.04. The van der Waals surface area contributed by atoms with Gasteiger partial charge in [-0.1, -0.05) is 6.92 Å². The lowest BCUT2D eigenvalue weighted by molar-refractivity contribution is -0.144. The van der Waals surface area contributed by atoms with Gasteiger partial charge >= 0.3 is 5.97 Å². The van der Waals surface area contributed by atoms with Crippen LogP contribution in [0, 0.1) is 0 Å². The molecule has 0 atom stereocenters. The van der Waals surface area contributed by atoms with Crippen molar-refractivity contribution >= 4 is 5.97 Å². The molecule has 0 N–H and O–H groups in total.